The van der Waals surface area contributed by atoms with Gasteiger partial charge in [-0.3, -0.25) is 9.89 Å². The number of halogens is 1. The van der Waals surface area contributed by atoms with Crippen LogP contribution >= 0.6 is 0 Å². The number of H-pyrrole nitrogens is 1. The minimum absolute atomic E-state index is 0.122. The molecule has 2 atom stereocenters. The number of aromatic nitrogens is 2. The van der Waals surface area contributed by atoms with Gasteiger partial charge in [-0.05, 0) is 37.3 Å². The van der Waals surface area contributed by atoms with Crippen molar-refractivity contribution in [2.45, 2.75) is 25.0 Å². The third-order valence-corrected chi connectivity index (χ3v) is 5.13. The maximum atomic E-state index is 14.0. The lowest BCUT2D eigenvalue weighted by molar-refractivity contribution is -0.0900. The molecule has 3 aromatic rings. The van der Waals surface area contributed by atoms with Gasteiger partial charge in [0.15, 0.2) is 0 Å². The number of hydrogen-bond acceptors (Lipinski definition) is 4. The highest BCUT2D eigenvalue weighted by atomic mass is 19.1. The molecule has 1 saturated heterocycles. The molecule has 2 aromatic carbocycles. The molecular weight excluding hydrogens is 373 g/mol. The van der Waals surface area contributed by atoms with Crippen LogP contribution in [0.3, 0.4) is 0 Å². The second-order valence-electron chi connectivity index (χ2n) is 7.44. The molecule has 0 unspecified atom stereocenters. The van der Waals surface area contributed by atoms with Crippen LogP contribution in [0.2, 0.25) is 0 Å². The fourth-order valence-corrected chi connectivity index (χ4v) is 3.58. The van der Waals surface area contributed by atoms with Crippen LogP contribution in [-0.2, 0) is 0 Å². The summed E-state index contributed by atoms with van der Waals surface area (Å²) in [5.74, 6) is -0.0148. The highest BCUT2D eigenvalue weighted by molar-refractivity contribution is 5.93. The number of aromatic amines is 1. The lowest BCUT2D eigenvalue weighted by Gasteiger charge is -2.42. The second-order valence-corrected chi connectivity index (χ2v) is 7.44. The van der Waals surface area contributed by atoms with Crippen molar-refractivity contribution in [3.05, 3.63) is 72.2 Å². The number of ether oxygens (including phenoxy) is 1. The molecule has 1 aromatic heterocycles. The summed E-state index contributed by atoms with van der Waals surface area (Å²) in [4.78, 5) is 14.5. The topological polar surface area (TPSA) is 78.5 Å². The van der Waals surface area contributed by atoms with Crippen LogP contribution in [-0.4, -0.2) is 50.9 Å². The van der Waals surface area contributed by atoms with Gasteiger partial charge >= 0.3 is 0 Å². The molecule has 0 saturated carbocycles. The molecule has 6 nitrogen and oxygen atoms in total. The van der Waals surface area contributed by atoms with E-state index in [1.165, 1.54) is 12.1 Å². The molecule has 2 N–H and O–H groups in total. The van der Waals surface area contributed by atoms with E-state index in [1.54, 1.807) is 30.0 Å². The number of piperidine rings is 1. The predicted octanol–water partition coefficient (Wildman–Crippen LogP) is 3.26. The third-order valence-electron chi connectivity index (χ3n) is 5.13. The Bertz CT molecular complexity index is 1000. The first-order valence-corrected chi connectivity index (χ1v) is 9.48. The normalized spacial score (nSPS) is 21.8. The summed E-state index contributed by atoms with van der Waals surface area (Å²) >= 11 is 0. The minimum Gasteiger partial charge on any atom is -0.487 e. The SMILES string of the molecule is C[C@]1(O)CN(C(=O)c2cc(-c3ccccc3F)n[nH]2)CC[C@@H]1Oc1ccccc1. The summed E-state index contributed by atoms with van der Waals surface area (Å²) < 4.78 is 19.9. The molecular formula is C22H22FN3O3. The monoisotopic (exact) mass is 395 g/mol. The van der Waals surface area contributed by atoms with Crippen LogP contribution in [0.5, 0.6) is 5.75 Å². The van der Waals surface area contributed by atoms with Crippen LogP contribution in [0.1, 0.15) is 23.8 Å². The molecule has 1 aliphatic rings. The zero-order valence-electron chi connectivity index (χ0n) is 16.0. The van der Waals surface area contributed by atoms with Crippen LogP contribution in [0.4, 0.5) is 4.39 Å². The standard InChI is InChI=1S/C22H22FN3O3/c1-22(28)14-26(12-11-20(22)29-15-7-3-2-4-8-15)21(27)19-13-18(24-25-19)16-9-5-6-10-17(16)23/h2-10,13,20,28H,11-12,14H2,1H3,(H,24,25)/t20-,22-/m0/s1. The zero-order chi connectivity index (χ0) is 20.4. The smallest absolute Gasteiger partial charge is 0.271 e. The molecule has 7 heteroatoms. The van der Waals surface area contributed by atoms with E-state index in [1.807, 2.05) is 30.3 Å². The van der Waals surface area contributed by atoms with E-state index < -0.39 is 17.5 Å². The van der Waals surface area contributed by atoms with Gasteiger partial charge in [0.1, 0.15) is 29.0 Å². The molecule has 0 spiro atoms. The number of hydrogen-bond donors (Lipinski definition) is 2. The summed E-state index contributed by atoms with van der Waals surface area (Å²) in [6.45, 7) is 2.22. The fraction of sp³-hybridized carbons (Fsp3) is 0.273. The zero-order valence-corrected chi connectivity index (χ0v) is 16.0. The minimum atomic E-state index is -1.21. The average molecular weight is 395 g/mol. The van der Waals surface area contributed by atoms with Crippen molar-refractivity contribution in [2.24, 2.45) is 0 Å². The van der Waals surface area contributed by atoms with E-state index in [2.05, 4.69) is 10.2 Å². The molecule has 1 fully saturated rings. The number of β-amino-alcohol motifs (C(OH)–C–C–N with tert-alkyl or cyclic N) is 1. The van der Waals surface area contributed by atoms with Gasteiger partial charge in [0.05, 0.1) is 12.2 Å². The van der Waals surface area contributed by atoms with Crippen molar-refractivity contribution in [2.75, 3.05) is 13.1 Å². The van der Waals surface area contributed by atoms with Gasteiger partial charge in [-0.1, -0.05) is 30.3 Å². The number of aliphatic hydroxyl groups is 1. The van der Waals surface area contributed by atoms with Crippen LogP contribution in [0, 0.1) is 5.82 Å². The van der Waals surface area contributed by atoms with Crippen LogP contribution in [0.25, 0.3) is 11.3 Å². The van der Waals surface area contributed by atoms with Gasteiger partial charge in [-0.15, -0.1) is 0 Å². The molecule has 150 valence electrons. The summed E-state index contributed by atoms with van der Waals surface area (Å²) in [6.07, 6.45) is 0.0618. The molecule has 0 radical (unpaired) electrons. The Hall–Kier alpha value is -3.19. The van der Waals surface area contributed by atoms with Crippen molar-refractivity contribution in [1.82, 2.24) is 15.1 Å². The summed E-state index contributed by atoms with van der Waals surface area (Å²) in [6, 6.07) is 17.1. The van der Waals surface area contributed by atoms with Crippen molar-refractivity contribution in [3.63, 3.8) is 0 Å². The van der Waals surface area contributed by atoms with E-state index in [0.29, 0.717) is 30.0 Å². The number of carbonyl (C=O) groups excluding carboxylic acids is 1. The molecule has 1 amide bonds. The Morgan fingerprint density at radius 2 is 1.97 bits per heavy atom. The molecule has 29 heavy (non-hydrogen) atoms. The largest absolute Gasteiger partial charge is 0.487 e. The maximum Gasteiger partial charge on any atom is 0.271 e. The van der Waals surface area contributed by atoms with E-state index in [4.69, 9.17) is 4.74 Å². The average Bonchev–Trinajstić information content (AvgIpc) is 3.20. The number of nitrogens with zero attached hydrogens (tertiary/aromatic N) is 2. The van der Waals surface area contributed by atoms with Gasteiger partial charge < -0.3 is 14.7 Å². The van der Waals surface area contributed by atoms with E-state index in [-0.39, 0.29) is 18.1 Å². The Kier molecular flexibility index (Phi) is 5.07. The van der Waals surface area contributed by atoms with E-state index >= 15 is 0 Å². The number of amides is 1. The Morgan fingerprint density at radius 1 is 1.24 bits per heavy atom. The lowest BCUT2D eigenvalue weighted by atomic mass is 9.91. The summed E-state index contributed by atoms with van der Waals surface area (Å²) in [7, 11) is 0. The van der Waals surface area contributed by atoms with Crippen molar-refractivity contribution in [3.8, 4) is 17.0 Å². The van der Waals surface area contributed by atoms with Crippen LogP contribution in [0.15, 0.2) is 60.7 Å². The molecule has 0 aliphatic carbocycles. The number of rotatable bonds is 4. The number of carbonyl (C=O) groups is 1. The quantitative estimate of drug-likeness (QED) is 0.711. The number of para-hydroxylation sites is 1. The van der Waals surface area contributed by atoms with E-state index in [9.17, 15) is 14.3 Å². The fourth-order valence-electron chi connectivity index (χ4n) is 3.58. The van der Waals surface area contributed by atoms with Gasteiger partial charge in [0.2, 0.25) is 0 Å². The second kappa shape index (κ2) is 7.67. The summed E-state index contributed by atoms with van der Waals surface area (Å²) in [5.41, 5.74) is -0.273. The number of benzene rings is 2. The highest BCUT2D eigenvalue weighted by Crippen LogP contribution is 2.28. The van der Waals surface area contributed by atoms with Gasteiger partial charge in [-0.25, -0.2) is 4.39 Å². The number of nitrogens with one attached hydrogen (secondary N) is 1. The first-order valence-electron chi connectivity index (χ1n) is 9.48. The number of likely N-dealkylation sites (tertiary alicyclic amines) is 1. The van der Waals surface area contributed by atoms with Gasteiger partial charge in [0.25, 0.3) is 5.91 Å². The first kappa shape index (κ1) is 19.1. The van der Waals surface area contributed by atoms with Crippen LogP contribution < -0.4 is 4.74 Å². The van der Waals surface area contributed by atoms with E-state index in [0.717, 1.165) is 0 Å². The Labute approximate surface area is 167 Å². The molecule has 0 bridgehead atoms. The Balaban J connectivity index is 1.46. The third kappa shape index (κ3) is 4.00. The van der Waals surface area contributed by atoms with Crippen molar-refractivity contribution >= 4 is 5.91 Å². The predicted molar refractivity (Wildman–Crippen MR) is 106 cm³/mol. The Morgan fingerprint density at radius 3 is 2.69 bits per heavy atom. The van der Waals surface area contributed by atoms with Gasteiger partial charge in [-0.2, -0.15) is 5.10 Å². The van der Waals surface area contributed by atoms with Gasteiger partial charge in [0, 0.05) is 18.5 Å². The molecule has 2 heterocycles. The summed E-state index contributed by atoms with van der Waals surface area (Å²) in [5, 5.41) is 17.6. The van der Waals surface area contributed by atoms with Crippen molar-refractivity contribution in [1.29, 1.82) is 0 Å². The highest BCUT2D eigenvalue weighted by Gasteiger charge is 2.41. The van der Waals surface area contributed by atoms with Crippen molar-refractivity contribution < 1.29 is 19.0 Å². The lowest BCUT2D eigenvalue weighted by Crippen LogP contribution is -2.58. The maximum absolute atomic E-state index is 14.0. The first-order chi connectivity index (χ1) is 13.9. The molecule has 1 aliphatic heterocycles. The molecule has 4 rings (SSSR count).